The molecule has 136 valence electrons. The summed E-state index contributed by atoms with van der Waals surface area (Å²) in [5, 5.41) is 10.2. The normalized spacial score (nSPS) is 18.5. The van der Waals surface area contributed by atoms with Crippen LogP contribution >= 0.6 is 15.9 Å². The van der Waals surface area contributed by atoms with Gasteiger partial charge in [0.1, 0.15) is 0 Å². The minimum atomic E-state index is 0.0212. The minimum absolute atomic E-state index is 0.0212. The van der Waals surface area contributed by atoms with Crippen molar-refractivity contribution in [2.24, 2.45) is 0 Å². The number of hydrogen-bond acceptors (Lipinski definition) is 5. The van der Waals surface area contributed by atoms with Gasteiger partial charge in [-0.3, -0.25) is 4.90 Å². The molecule has 0 spiro atoms. The maximum absolute atomic E-state index is 10.2. The van der Waals surface area contributed by atoms with E-state index in [0.29, 0.717) is 5.75 Å². The summed E-state index contributed by atoms with van der Waals surface area (Å²) in [6.45, 7) is 5.90. The van der Waals surface area contributed by atoms with Gasteiger partial charge < -0.3 is 19.3 Å². The third-order valence-electron chi connectivity index (χ3n) is 4.96. The molecule has 0 saturated carbocycles. The van der Waals surface area contributed by atoms with Crippen molar-refractivity contribution in [2.75, 3.05) is 20.4 Å². The van der Waals surface area contributed by atoms with Crippen molar-refractivity contribution in [3.8, 4) is 23.0 Å². The molecule has 1 atom stereocenters. The van der Waals surface area contributed by atoms with Crippen molar-refractivity contribution in [1.29, 1.82) is 0 Å². The van der Waals surface area contributed by atoms with Crippen LogP contribution in [0.2, 0.25) is 0 Å². The van der Waals surface area contributed by atoms with Gasteiger partial charge in [-0.25, -0.2) is 0 Å². The fourth-order valence-corrected chi connectivity index (χ4v) is 4.08. The summed E-state index contributed by atoms with van der Waals surface area (Å²) in [4.78, 5) is 2.34. The molecule has 0 bridgehead atoms. The van der Waals surface area contributed by atoms with Gasteiger partial charge in [-0.2, -0.15) is 0 Å². The lowest BCUT2D eigenvalue weighted by atomic mass is 9.91. The number of phenolic OH excluding ortho intramolecular Hbond substituents is 1. The summed E-state index contributed by atoms with van der Waals surface area (Å²) < 4.78 is 17.2. The Balaban J connectivity index is 1.64. The molecule has 0 aliphatic carbocycles. The summed E-state index contributed by atoms with van der Waals surface area (Å²) >= 11 is 3.64. The van der Waals surface area contributed by atoms with Crippen molar-refractivity contribution in [3.05, 3.63) is 58.1 Å². The zero-order valence-electron chi connectivity index (χ0n) is 14.5. The molecule has 1 N–H and O–H groups in total. The number of benzene rings is 2. The van der Waals surface area contributed by atoms with E-state index in [2.05, 4.69) is 27.4 Å². The van der Waals surface area contributed by atoms with Gasteiger partial charge in [0.05, 0.1) is 13.2 Å². The topological polar surface area (TPSA) is 51.2 Å². The Bertz CT molecular complexity index is 867. The molecule has 2 heterocycles. The second-order valence-electron chi connectivity index (χ2n) is 6.42. The lowest BCUT2D eigenvalue weighted by Gasteiger charge is -2.36. The maximum atomic E-state index is 10.2. The summed E-state index contributed by atoms with van der Waals surface area (Å²) in [6, 6.07) is 7.71. The Morgan fingerprint density at radius 1 is 1.31 bits per heavy atom. The van der Waals surface area contributed by atoms with Crippen LogP contribution in [0, 0.1) is 0 Å². The van der Waals surface area contributed by atoms with E-state index in [4.69, 9.17) is 14.2 Å². The first-order valence-electron chi connectivity index (χ1n) is 8.45. The highest BCUT2D eigenvalue weighted by molar-refractivity contribution is 9.10. The van der Waals surface area contributed by atoms with Gasteiger partial charge in [-0.05, 0) is 47.4 Å². The molecule has 6 heteroatoms. The second kappa shape index (κ2) is 6.85. The number of aromatic hydroxyl groups is 1. The predicted molar refractivity (Wildman–Crippen MR) is 102 cm³/mol. The average Bonchev–Trinajstić information content (AvgIpc) is 3.08. The number of fused-ring (bicyclic) bond motifs is 2. The van der Waals surface area contributed by atoms with Crippen LogP contribution in [-0.2, 0) is 13.0 Å². The Kier molecular flexibility index (Phi) is 4.54. The Labute approximate surface area is 160 Å². The van der Waals surface area contributed by atoms with Crippen molar-refractivity contribution >= 4 is 15.9 Å². The van der Waals surface area contributed by atoms with Crippen LogP contribution in [0.5, 0.6) is 23.0 Å². The molecule has 2 aromatic carbocycles. The van der Waals surface area contributed by atoms with Crippen LogP contribution in [0.25, 0.3) is 0 Å². The van der Waals surface area contributed by atoms with Gasteiger partial charge >= 0.3 is 0 Å². The molecule has 0 saturated heterocycles. The molecule has 2 aliphatic rings. The third kappa shape index (κ3) is 2.93. The standard InChI is InChI=1S/C20H20BrNO4/c1-3-16-14-8-17(23)18(24-2)6-12(14)4-5-22(16)10-13-7-19-20(9-15(13)21)26-11-25-19/h3,6-9,16,23H,1,4-5,10-11H2,2H3. The summed E-state index contributed by atoms with van der Waals surface area (Å²) in [5.41, 5.74) is 3.38. The van der Waals surface area contributed by atoms with E-state index in [1.165, 1.54) is 5.56 Å². The molecule has 0 radical (unpaired) electrons. The molecule has 26 heavy (non-hydrogen) atoms. The fraction of sp³-hybridized carbons (Fsp3) is 0.300. The Morgan fingerprint density at radius 2 is 2.08 bits per heavy atom. The number of hydrogen-bond donors (Lipinski definition) is 1. The van der Waals surface area contributed by atoms with Gasteiger partial charge in [-0.1, -0.05) is 22.0 Å². The van der Waals surface area contributed by atoms with Crippen LogP contribution in [0.15, 0.2) is 41.4 Å². The van der Waals surface area contributed by atoms with E-state index in [-0.39, 0.29) is 18.6 Å². The average molecular weight is 418 g/mol. The van der Waals surface area contributed by atoms with E-state index < -0.39 is 0 Å². The maximum Gasteiger partial charge on any atom is 0.231 e. The van der Waals surface area contributed by atoms with Crippen LogP contribution < -0.4 is 14.2 Å². The fourth-order valence-electron chi connectivity index (χ4n) is 3.63. The van der Waals surface area contributed by atoms with Gasteiger partial charge in [0.2, 0.25) is 6.79 Å². The first-order chi connectivity index (χ1) is 12.6. The number of ether oxygens (including phenoxy) is 3. The number of methoxy groups -OCH3 is 1. The monoisotopic (exact) mass is 417 g/mol. The van der Waals surface area contributed by atoms with Crippen molar-refractivity contribution in [3.63, 3.8) is 0 Å². The van der Waals surface area contributed by atoms with E-state index in [0.717, 1.165) is 46.6 Å². The highest BCUT2D eigenvalue weighted by Crippen LogP contribution is 2.41. The third-order valence-corrected chi connectivity index (χ3v) is 5.70. The van der Waals surface area contributed by atoms with E-state index >= 15 is 0 Å². The quantitative estimate of drug-likeness (QED) is 0.756. The van der Waals surface area contributed by atoms with Crippen molar-refractivity contribution in [1.82, 2.24) is 4.90 Å². The number of nitrogens with zero attached hydrogens (tertiary/aromatic N) is 1. The van der Waals surface area contributed by atoms with E-state index in [9.17, 15) is 5.11 Å². The second-order valence-corrected chi connectivity index (χ2v) is 7.28. The number of rotatable bonds is 4. The highest BCUT2D eigenvalue weighted by atomic mass is 79.9. The summed E-state index contributed by atoms with van der Waals surface area (Å²) in [7, 11) is 1.57. The largest absolute Gasteiger partial charge is 0.504 e. The molecule has 2 aliphatic heterocycles. The SMILES string of the molecule is C=CC1c2cc(O)c(OC)cc2CCN1Cc1cc2c(cc1Br)OCO2. The van der Waals surface area contributed by atoms with E-state index in [1.54, 1.807) is 13.2 Å². The zero-order chi connectivity index (χ0) is 18.3. The van der Waals surface area contributed by atoms with Crippen LogP contribution in [0.1, 0.15) is 22.7 Å². The van der Waals surface area contributed by atoms with Crippen LogP contribution in [0.3, 0.4) is 0 Å². The van der Waals surface area contributed by atoms with Gasteiger partial charge in [-0.15, -0.1) is 6.58 Å². The van der Waals surface area contributed by atoms with Crippen molar-refractivity contribution < 1.29 is 19.3 Å². The molecule has 1 unspecified atom stereocenters. The molecule has 4 rings (SSSR count). The van der Waals surface area contributed by atoms with Crippen LogP contribution in [-0.4, -0.2) is 30.5 Å². The first-order valence-corrected chi connectivity index (χ1v) is 9.24. The molecular formula is C20H20BrNO4. The lowest BCUT2D eigenvalue weighted by molar-refractivity contribution is 0.173. The minimum Gasteiger partial charge on any atom is -0.504 e. The molecule has 0 aromatic heterocycles. The summed E-state index contributed by atoms with van der Waals surface area (Å²) in [5.74, 6) is 2.21. The van der Waals surface area contributed by atoms with Gasteiger partial charge in [0.15, 0.2) is 23.0 Å². The molecule has 2 aromatic rings. The molecule has 0 fully saturated rings. The molecular weight excluding hydrogens is 398 g/mol. The lowest BCUT2D eigenvalue weighted by Crippen LogP contribution is -2.34. The van der Waals surface area contributed by atoms with Gasteiger partial charge in [0, 0.05) is 17.6 Å². The Morgan fingerprint density at radius 3 is 2.81 bits per heavy atom. The van der Waals surface area contributed by atoms with Gasteiger partial charge in [0.25, 0.3) is 0 Å². The number of halogens is 1. The van der Waals surface area contributed by atoms with Crippen LogP contribution in [0.4, 0.5) is 0 Å². The smallest absolute Gasteiger partial charge is 0.231 e. The van der Waals surface area contributed by atoms with E-state index in [1.807, 2.05) is 24.3 Å². The molecule has 0 amide bonds. The number of phenols is 1. The molecule has 5 nitrogen and oxygen atoms in total. The zero-order valence-corrected chi connectivity index (χ0v) is 16.1. The first kappa shape index (κ1) is 17.2. The highest BCUT2D eigenvalue weighted by Gasteiger charge is 2.28. The van der Waals surface area contributed by atoms with Crippen molar-refractivity contribution in [2.45, 2.75) is 19.0 Å². The summed E-state index contributed by atoms with van der Waals surface area (Å²) in [6.07, 6.45) is 2.81. The Hall–Kier alpha value is -2.18. The predicted octanol–water partition coefficient (Wildman–Crippen LogP) is 4.18.